The molecule has 1 aliphatic rings. The maximum absolute atomic E-state index is 13.5. The van der Waals surface area contributed by atoms with Crippen molar-refractivity contribution >= 4 is 27.3 Å². The van der Waals surface area contributed by atoms with Gasteiger partial charge in [0.2, 0.25) is 26.6 Å². The van der Waals surface area contributed by atoms with E-state index in [-0.39, 0.29) is 9.92 Å². The van der Waals surface area contributed by atoms with Crippen molar-refractivity contribution in [3.63, 3.8) is 0 Å². The van der Waals surface area contributed by atoms with E-state index in [4.69, 9.17) is 16.0 Å². The van der Waals surface area contributed by atoms with Crippen LogP contribution in [0, 0.1) is 18.8 Å². The van der Waals surface area contributed by atoms with Crippen molar-refractivity contribution in [2.45, 2.75) is 37.1 Å². The van der Waals surface area contributed by atoms with Crippen LogP contribution in [0.15, 0.2) is 62.9 Å². The van der Waals surface area contributed by atoms with Gasteiger partial charge < -0.3 is 9.32 Å². The summed E-state index contributed by atoms with van der Waals surface area (Å²) < 4.78 is 33.1. The lowest BCUT2D eigenvalue weighted by Gasteiger charge is -2.34. The molecular weight excluding hydrogens is 420 g/mol. The van der Waals surface area contributed by atoms with E-state index < -0.39 is 9.84 Å². The van der Waals surface area contributed by atoms with Gasteiger partial charge in [-0.3, -0.25) is 0 Å². The molecular formula is C23H25ClN2O3S. The van der Waals surface area contributed by atoms with Crippen LogP contribution in [0.3, 0.4) is 0 Å². The molecule has 4 rings (SSSR count). The van der Waals surface area contributed by atoms with Gasteiger partial charge in [-0.1, -0.05) is 43.1 Å². The number of oxazole rings is 1. The van der Waals surface area contributed by atoms with Gasteiger partial charge in [-0.15, -0.1) is 0 Å². The molecule has 0 saturated carbocycles. The third kappa shape index (κ3) is 4.12. The third-order valence-corrected chi connectivity index (χ3v) is 7.30. The summed E-state index contributed by atoms with van der Waals surface area (Å²) in [6.07, 6.45) is 1.11. The number of sulfone groups is 1. The fourth-order valence-electron chi connectivity index (χ4n) is 4.13. The lowest BCUT2D eigenvalue weighted by molar-refractivity contribution is 0.342. The van der Waals surface area contributed by atoms with E-state index in [0.717, 1.165) is 30.6 Å². The number of piperidine rings is 1. The van der Waals surface area contributed by atoms with Crippen molar-refractivity contribution in [2.24, 2.45) is 11.8 Å². The van der Waals surface area contributed by atoms with E-state index in [9.17, 15) is 8.42 Å². The molecule has 1 aromatic heterocycles. The molecule has 0 radical (unpaired) electrons. The Morgan fingerprint density at radius 1 is 1.07 bits per heavy atom. The predicted molar refractivity (Wildman–Crippen MR) is 119 cm³/mol. The lowest BCUT2D eigenvalue weighted by Crippen LogP contribution is -2.39. The first kappa shape index (κ1) is 20.9. The summed E-state index contributed by atoms with van der Waals surface area (Å²) in [5, 5.41) is 0.441. The second-order valence-electron chi connectivity index (χ2n) is 8.31. The van der Waals surface area contributed by atoms with E-state index in [1.54, 1.807) is 12.1 Å². The normalized spacial score (nSPS) is 19.8. The third-order valence-electron chi connectivity index (χ3n) is 5.38. The Bertz CT molecular complexity index is 1150. The van der Waals surface area contributed by atoms with Gasteiger partial charge in [-0.05, 0) is 61.6 Å². The number of halogens is 1. The molecule has 3 aromatic rings. The molecule has 1 fully saturated rings. The molecule has 0 N–H and O–H groups in total. The highest BCUT2D eigenvalue weighted by atomic mass is 35.5. The van der Waals surface area contributed by atoms with Gasteiger partial charge in [0.15, 0.2) is 0 Å². The van der Waals surface area contributed by atoms with E-state index in [1.165, 1.54) is 12.1 Å². The summed E-state index contributed by atoms with van der Waals surface area (Å²) in [5.41, 5.74) is 1.81. The quantitative estimate of drug-likeness (QED) is 0.522. The average molecular weight is 445 g/mol. The zero-order chi connectivity index (χ0) is 21.5. The largest absolute Gasteiger partial charge is 0.419 e. The number of hydrogen-bond donors (Lipinski definition) is 0. The van der Waals surface area contributed by atoms with Crippen LogP contribution in [0.4, 0.5) is 5.88 Å². The summed E-state index contributed by atoms with van der Waals surface area (Å²) >= 11 is 5.95. The Labute approximate surface area is 182 Å². The second-order valence-corrected chi connectivity index (χ2v) is 10.6. The molecule has 0 bridgehead atoms. The van der Waals surface area contributed by atoms with Crippen LogP contribution in [0.25, 0.3) is 11.5 Å². The average Bonchev–Trinajstić information content (AvgIpc) is 3.14. The lowest BCUT2D eigenvalue weighted by atomic mass is 9.92. The summed E-state index contributed by atoms with van der Waals surface area (Å²) in [6.45, 7) is 7.79. The molecule has 1 saturated heterocycles. The first-order valence-corrected chi connectivity index (χ1v) is 11.9. The Balaban J connectivity index is 1.86. The Morgan fingerprint density at radius 3 is 2.37 bits per heavy atom. The highest BCUT2D eigenvalue weighted by Gasteiger charge is 2.34. The SMILES string of the molecule is Cc1cccc(-c2nc(S(=O)(=O)c3ccc(Cl)cc3)c(N3CC(C)CC(C)C3)o2)c1. The molecule has 30 heavy (non-hydrogen) atoms. The topological polar surface area (TPSA) is 63.4 Å². The van der Waals surface area contributed by atoms with Crippen molar-refractivity contribution in [3.05, 3.63) is 59.1 Å². The van der Waals surface area contributed by atoms with Crippen LogP contribution in [-0.4, -0.2) is 26.5 Å². The smallest absolute Gasteiger partial charge is 0.236 e. The van der Waals surface area contributed by atoms with Crippen molar-refractivity contribution in [3.8, 4) is 11.5 Å². The number of anilines is 1. The number of benzene rings is 2. The van der Waals surface area contributed by atoms with Crippen molar-refractivity contribution < 1.29 is 12.8 Å². The minimum atomic E-state index is -3.87. The highest BCUT2D eigenvalue weighted by Crippen LogP contribution is 2.37. The monoisotopic (exact) mass is 444 g/mol. The number of aryl methyl sites for hydroxylation is 1. The van der Waals surface area contributed by atoms with Gasteiger partial charge >= 0.3 is 0 Å². The standard InChI is InChI=1S/C23H25ClN2O3S/c1-15-5-4-6-18(12-15)21-25-22(30(27,28)20-9-7-19(24)8-10-20)23(29-21)26-13-16(2)11-17(3)14-26/h4-10,12,16-17H,11,13-14H2,1-3H3. The number of rotatable bonds is 4. The van der Waals surface area contributed by atoms with Crippen LogP contribution in [-0.2, 0) is 9.84 Å². The molecule has 2 aromatic carbocycles. The van der Waals surface area contributed by atoms with Gasteiger partial charge in [-0.25, -0.2) is 8.42 Å². The van der Waals surface area contributed by atoms with Crippen molar-refractivity contribution in [1.82, 2.24) is 4.98 Å². The number of hydrogen-bond acceptors (Lipinski definition) is 5. The van der Waals surface area contributed by atoms with Gasteiger partial charge in [0.05, 0.1) is 4.90 Å². The molecule has 1 aliphatic heterocycles. The molecule has 0 aliphatic carbocycles. The summed E-state index contributed by atoms with van der Waals surface area (Å²) in [7, 11) is -3.87. The fraction of sp³-hybridized carbons (Fsp3) is 0.348. The molecule has 2 unspecified atom stereocenters. The maximum Gasteiger partial charge on any atom is 0.236 e. The van der Waals surface area contributed by atoms with Crippen LogP contribution in [0.2, 0.25) is 5.02 Å². The van der Waals surface area contributed by atoms with E-state index in [2.05, 4.69) is 18.8 Å². The van der Waals surface area contributed by atoms with Gasteiger partial charge in [0, 0.05) is 23.7 Å². The van der Waals surface area contributed by atoms with Crippen LogP contribution >= 0.6 is 11.6 Å². The molecule has 158 valence electrons. The molecule has 5 nitrogen and oxygen atoms in total. The molecule has 2 atom stereocenters. The molecule has 0 amide bonds. The zero-order valence-corrected chi connectivity index (χ0v) is 18.9. The molecule has 7 heteroatoms. The summed E-state index contributed by atoms with van der Waals surface area (Å²) in [4.78, 5) is 6.66. The van der Waals surface area contributed by atoms with E-state index in [0.29, 0.717) is 28.6 Å². The second kappa shape index (κ2) is 8.08. The first-order chi connectivity index (χ1) is 14.2. The van der Waals surface area contributed by atoms with Crippen LogP contribution in [0.5, 0.6) is 0 Å². The molecule has 0 spiro atoms. The van der Waals surface area contributed by atoms with Crippen molar-refractivity contribution in [1.29, 1.82) is 0 Å². The van der Waals surface area contributed by atoms with Gasteiger partial charge in [0.1, 0.15) is 0 Å². The highest BCUT2D eigenvalue weighted by molar-refractivity contribution is 7.91. The zero-order valence-electron chi connectivity index (χ0n) is 17.3. The Morgan fingerprint density at radius 2 is 1.73 bits per heavy atom. The maximum atomic E-state index is 13.5. The van der Waals surface area contributed by atoms with Crippen LogP contribution in [0.1, 0.15) is 25.8 Å². The summed E-state index contributed by atoms with van der Waals surface area (Å²) in [6, 6.07) is 13.9. The minimum Gasteiger partial charge on any atom is -0.419 e. The minimum absolute atomic E-state index is 0.0392. The van der Waals surface area contributed by atoms with Gasteiger partial charge in [-0.2, -0.15) is 4.98 Å². The molecule has 2 heterocycles. The summed E-state index contributed by atoms with van der Waals surface area (Å²) in [5.74, 6) is 1.51. The van der Waals surface area contributed by atoms with E-state index >= 15 is 0 Å². The van der Waals surface area contributed by atoms with Gasteiger partial charge in [0.25, 0.3) is 0 Å². The number of nitrogens with zero attached hydrogens (tertiary/aromatic N) is 2. The predicted octanol–water partition coefficient (Wildman–Crippen LogP) is 5.62. The Hall–Kier alpha value is -2.31. The van der Waals surface area contributed by atoms with Crippen molar-refractivity contribution in [2.75, 3.05) is 18.0 Å². The first-order valence-electron chi connectivity index (χ1n) is 10.1. The van der Waals surface area contributed by atoms with Crippen LogP contribution < -0.4 is 4.90 Å². The Kier molecular flexibility index (Phi) is 5.64. The number of aromatic nitrogens is 1. The van der Waals surface area contributed by atoms with E-state index in [1.807, 2.05) is 36.1 Å². The fourth-order valence-corrected chi connectivity index (χ4v) is 5.58.